The quantitative estimate of drug-likeness (QED) is 0.276. The molecular weight excluding hydrogens is 458 g/mol. The molecule has 0 amide bonds. The van der Waals surface area contributed by atoms with E-state index in [9.17, 15) is 14.9 Å². The summed E-state index contributed by atoms with van der Waals surface area (Å²) in [6, 6.07) is 15.3. The first-order valence-electron chi connectivity index (χ1n) is 10.2. The second-order valence-corrected chi connectivity index (χ2v) is 8.14. The number of carbonyl (C=O) groups is 1. The van der Waals surface area contributed by atoms with Crippen LogP contribution in [0.5, 0.6) is 11.5 Å². The van der Waals surface area contributed by atoms with Crippen LogP contribution in [-0.2, 0) is 13.0 Å². The molecule has 0 aliphatic heterocycles. The van der Waals surface area contributed by atoms with Crippen LogP contribution >= 0.6 is 11.3 Å². The molecule has 2 aromatic heterocycles. The average Bonchev–Trinajstić information content (AvgIpc) is 3.53. The van der Waals surface area contributed by atoms with Gasteiger partial charge in [-0.25, -0.2) is 0 Å². The van der Waals surface area contributed by atoms with Crippen molar-refractivity contribution in [3.8, 4) is 22.2 Å². The van der Waals surface area contributed by atoms with Crippen molar-refractivity contribution in [2.24, 2.45) is 0 Å². The Morgan fingerprint density at radius 2 is 1.91 bits per heavy atom. The molecule has 2 heterocycles. The van der Waals surface area contributed by atoms with Crippen LogP contribution in [0, 0.1) is 10.1 Å². The van der Waals surface area contributed by atoms with Gasteiger partial charge in [0.05, 0.1) is 30.4 Å². The molecule has 174 valence electrons. The number of carbonyl (C=O) groups excluding carboxylic acids is 1. The maximum absolute atomic E-state index is 13.2. The highest BCUT2D eigenvalue weighted by atomic mass is 32.1. The molecule has 0 saturated carbocycles. The summed E-state index contributed by atoms with van der Waals surface area (Å²) >= 11 is 1.46. The van der Waals surface area contributed by atoms with Crippen LogP contribution in [0.1, 0.15) is 15.9 Å². The fraction of sp³-hybridized carbons (Fsp3) is 0.174. The van der Waals surface area contributed by atoms with Gasteiger partial charge in [0.25, 0.3) is 11.6 Å². The van der Waals surface area contributed by atoms with E-state index in [4.69, 9.17) is 9.47 Å². The van der Waals surface area contributed by atoms with E-state index in [-0.39, 0.29) is 30.5 Å². The van der Waals surface area contributed by atoms with Crippen molar-refractivity contribution in [2.45, 2.75) is 13.0 Å². The molecule has 0 unspecified atom stereocenters. The molecule has 4 aromatic rings. The van der Waals surface area contributed by atoms with Crippen LogP contribution in [0.4, 0.5) is 11.6 Å². The fourth-order valence-electron chi connectivity index (χ4n) is 3.31. The van der Waals surface area contributed by atoms with E-state index in [0.717, 1.165) is 10.4 Å². The maximum atomic E-state index is 13.2. The van der Waals surface area contributed by atoms with Gasteiger partial charge in [0.2, 0.25) is 5.95 Å². The largest absolute Gasteiger partial charge is 0.493 e. The lowest BCUT2D eigenvalue weighted by Gasteiger charge is -2.10. The second-order valence-electron chi connectivity index (χ2n) is 7.19. The van der Waals surface area contributed by atoms with Crippen molar-refractivity contribution in [1.82, 2.24) is 14.8 Å². The number of non-ortho nitro benzene ring substituents is 1. The summed E-state index contributed by atoms with van der Waals surface area (Å²) in [4.78, 5) is 29.1. The van der Waals surface area contributed by atoms with Gasteiger partial charge < -0.3 is 14.8 Å². The molecule has 10 nitrogen and oxygen atoms in total. The Morgan fingerprint density at radius 3 is 2.62 bits per heavy atom. The normalized spacial score (nSPS) is 10.6. The van der Waals surface area contributed by atoms with Crippen molar-refractivity contribution in [2.75, 3.05) is 19.5 Å². The summed E-state index contributed by atoms with van der Waals surface area (Å²) in [5, 5.41) is 20.5. The van der Waals surface area contributed by atoms with Crippen molar-refractivity contribution >= 4 is 28.9 Å². The van der Waals surface area contributed by atoms with Gasteiger partial charge in [0, 0.05) is 18.7 Å². The minimum atomic E-state index is -0.451. The summed E-state index contributed by atoms with van der Waals surface area (Å²) in [6.45, 7) is 0.230. The zero-order valence-electron chi connectivity index (χ0n) is 18.4. The lowest BCUT2D eigenvalue weighted by atomic mass is 10.1. The molecule has 4 rings (SSSR count). The molecular formula is C23H21N5O5S. The number of nitro groups is 1. The SMILES string of the molecule is COc1ccc(CC(=O)n2nc(-c3cccs3)nc2NCc2cccc([N+](=O)[O-])c2)cc1OC. The first kappa shape index (κ1) is 22.9. The number of hydrogen-bond acceptors (Lipinski definition) is 9. The van der Waals surface area contributed by atoms with Crippen LogP contribution < -0.4 is 14.8 Å². The Balaban J connectivity index is 1.60. The smallest absolute Gasteiger partial charge is 0.269 e. The molecule has 2 aromatic carbocycles. The Kier molecular flexibility index (Phi) is 6.83. The highest BCUT2D eigenvalue weighted by Crippen LogP contribution is 2.28. The van der Waals surface area contributed by atoms with Gasteiger partial charge in [0.1, 0.15) is 0 Å². The molecule has 0 atom stereocenters. The molecule has 1 N–H and O–H groups in total. The predicted molar refractivity (Wildman–Crippen MR) is 128 cm³/mol. The van der Waals surface area contributed by atoms with Crippen molar-refractivity contribution in [1.29, 1.82) is 0 Å². The molecule has 0 fully saturated rings. The standard InChI is InChI=1S/C23H21N5O5S/c1-32-18-9-8-15(12-19(18)33-2)13-21(29)27-23(25-22(26-27)20-7-4-10-34-20)24-14-16-5-3-6-17(11-16)28(30)31/h3-12H,13-14H2,1-2H3,(H,24,25,26). The van der Waals surface area contributed by atoms with Crippen LogP contribution in [0.15, 0.2) is 60.0 Å². The van der Waals surface area contributed by atoms with Crippen molar-refractivity contribution < 1.29 is 19.2 Å². The first-order valence-corrected chi connectivity index (χ1v) is 11.1. The van der Waals surface area contributed by atoms with E-state index in [0.29, 0.717) is 22.9 Å². The summed E-state index contributed by atoms with van der Waals surface area (Å²) in [6.07, 6.45) is 0.0546. The number of nitrogens with one attached hydrogen (secondary N) is 1. The number of hydrogen-bond donors (Lipinski definition) is 1. The topological polar surface area (TPSA) is 121 Å². The maximum Gasteiger partial charge on any atom is 0.269 e. The molecule has 0 aliphatic carbocycles. The molecule has 34 heavy (non-hydrogen) atoms. The van der Waals surface area contributed by atoms with E-state index in [2.05, 4.69) is 15.4 Å². The van der Waals surface area contributed by atoms with Gasteiger partial charge in [-0.2, -0.15) is 9.67 Å². The van der Waals surface area contributed by atoms with Crippen molar-refractivity contribution in [3.63, 3.8) is 0 Å². The number of nitro benzene ring substituents is 1. The highest BCUT2D eigenvalue weighted by molar-refractivity contribution is 7.13. The Morgan fingerprint density at radius 1 is 1.09 bits per heavy atom. The van der Waals surface area contributed by atoms with Gasteiger partial charge in [-0.3, -0.25) is 14.9 Å². The molecule has 0 spiro atoms. The van der Waals surface area contributed by atoms with E-state index in [1.807, 2.05) is 17.5 Å². The second kappa shape index (κ2) is 10.1. The third-order valence-corrected chi connectivity index (χ3v) is 5.83. The summed E-state index contributed by atoms with van der Waals surface area (Å²) in [7, 11) is 3.08. The van der Waals surface area contributed by atoms with E-state index in [1.165, 1.54) is 35.3 Å². The number of methoxy groups -OCH3 is 2. The number of nitrogens with zero attached hydrogens (tertiary/aromatic N) is 4. The zero-order chi connectivity index (χ0) is 24.1. The fourth-order valence-corrected chi connectivity index (χ4v) is 3.96. The Hall–Kier alpha value is -4.25. The van der Waals surface area contributed by atoms with Gasteiger partial charge in [-0.05, 0) is 34.7 Å². The summed E-state index contributed by atoms with van der Waals surface area (Å²) < 4.78 is 11.8. The predicted octanol–water partition coefficient (Wildman–Crippen LogP) is 4.43. The zero-order valence-corrected chi connectivity index (χ0v) is 19.2. The van der Waals surface area contributed by atoms with Crippen LogP contribution in [-0.4, -0.2) is 39.8 Å². The lowest BCUT2D eigenvalue weighted by Crippen LogP contribution is -2.18. The Labute approximate surface area is 198 Å². The number of aromatic nitrogens is 3. The number of ether oxygens (including phenoxy) is 2. The number of thiophene rings is 1. The minimum Gasteiger partial charge on any atom is -0.493 e. The van der Waals surface area contributed by atoms with E-state index >= 15 is 0 Å². The minimum absolute atomic E-state index is 0.00966. The average molecular weight is 480 g/mol. The number of benzene rings is 2. The molecule has 0 radical (unpaired) electrons. The van der Waals surface area contributed by atoms with Crippen LogP contribution in [0.25, 0.3) is 10.7 Å². The van der Waals surface area contributed by atoms with Crippen molar-refractivity contribution in [3.05, 3.63) is 81.2 Å². The lowest BCUT2D eigenvalue weighted by molar-refractivity contribution is -0.384. The summed E-state index contributed by atoms with van der Waals surface area (Å²) in [5.74, 6) is 1.45. The van der Waals surface area contributed by atoms with Crippen LogP contribution in [0.3, 0.4) is 0 Å². The highest BCUT2D eigenvalue weighted by Gasteiger charge is 2.19. The van der Waals surface area contributed by atoms with Gasteiger partial charge in [-0.1, -0.05) is 24.3 Å². The third-order valence-electron chi connectivity index (χ3n) is 4.96. The van der Waals surface area contributed by atoms with Gasteiger partial charge >= 0.3 is 0 Å². The van der Waals surface area contributed by atoms with E-state index < -0.39 is 4.92 Å². The molecule has 0 saturated heterocycles. The van der Waals surface area contributed by atoms with Gasteiger partial charge in [-0.15, -0.1) is 16.4 Å². The van der Waals surface area contributed by atoms with Crippen LogP contribution in [0.2, 0.25) is 0 Å². The molecule has 11 heteroatoms. The number of rotatable bonds is 9. The monoisotopic (exact) mass is 479 g/mol. The van der Waals surface area contributed by atoms with E-state index in [1.54, 1.807) is 37.4 Å². The Bertz CT molecular complexity index is 1320. The third kappa shape index (κ3) is 5.04. The van der Waals surface area contributed by atoms with Gasteiger partial charge in [0.15, 0.2) is 17.3 Å². The molecule has 0 aliphatic rings. The molecule has 0 bridgehead atoms. The summed E-state index contributed by atoms with van der Waals surface area (Å²) in [5.41, 5.74) is 1.39. The number of anilines is 1. The first-order chi connectivity index (χ1) is 16.5.